The molecule has 1 aliphatic rings. The van der Waals surface area contributed by atoms with Crippen LogP contribution in [0.15, 0.2) is 89.9 Å². The third-order valence-corrected chi connectivity index (χ3v) is 4.52. The summed E-state index contributed by atoms with van der Waals surface area (Å²) in [6, 6.07) is 26.5. The van der Waals surface area contributed by atoms with Gasteiger partial charge in [0.1, 0.15) is 0 Å². The molecule has 0 bridgehead atoms. The Bertz CT molecular complexity index is 1050. The molecular weight excluding hydrogens is 364 g/mol. The summed E-state index contributed by atoms with van der Waals surface area (Å²) >= 11 is 0. The number of hydrogen-bond donors (Lipinski definition) is 3. The first-order valence-corrected chi connectivity index (χ1v) is 9.32. The zero-order valence-corrected chi connectivity index (χ0v) is 15.6. The molecule has 3 aromatic carbocycles. The van der Waals surface area contributed by atoms with Crippen LogP contribution >= 0.6 is 0 Å². The van der Waals surface area contributed by atoms with Crippen LogP contribution in [-0.2, 0) is 9.59 Å². The summed E-state index contributed by atoms with van der Waals surface area (Å²) in [5.41, 5.74) is 3.83. The number of hydrogen-bond acceptors (Lipinski definition) is 4. The Morgan fingerprint density at radius 1 is 0.897 bits per heavy atom. The van der Waals surface area contributed by atoms with Gasteiger partial charge in [0.15, 0.2) is 0 Å². The third-order valence-electron chi connectivity index (χ3n) is 4.52. The normalized spacial score (nSPS) is 15.4. The van der Waals surface area contributed by atoms with Gasteiger partial charge in [0, 0.05) is 16.8 Å². The molecule has 1 aliphatic heterocycles. The second-order valence-corrected chi connectivity index (χ2v) is 6.57. The molecule has 0 aliphatic carbocycles. The summed E-state index contributed by atoms with van der Waals surface area (Å²) in [6.45, 7) is 0.0386. The quantitative estimate of drug-likeness (QED) is 0.632. The molecule has 144 valence electrons. The first-order valence-electron chi connectivity index (χ1n) is 9.32. The molecule has 0 saturated heterocycles. The van der Waals surface area contributed by atoms with E-state index < -0.39 is 6.17 Å². The van der Waals surface area contributed by atoms with Gasteiger partial charge in [0.2, 0.25) is 12.1 Å². The maximum absolute atomic E-state index is 12.7. The lowest BCUT2D eigenvalue weighted by Gasteiger charge is -2.14. The topological polar surface area (TPSA) is 82.6 Å². The van der Waals surface area contributed by atoms with E-state index in [0.29, 0.717) is 11.4 Å². The highest BCUT2D eigenvalue weighted by molar-refractivity contribution is 6.19. The number of anilines is 2. The molecule has 0 spiro atoms. The minimum atomic E-state index is -1.03. The fraction of sp³-hybridized carbons (Fsp3) is 0.0870. The monoisotopic (exact) mass is 384 g/mol. The van der Waals surface area contributed by atoms with Crippen molar-refractivity contribution in [3.05, 3.63) is 96.1 Å². The second-order valence-electron chi connectivity index (χ2n) is 6.57. The van der Waals surface area contributed by atoms with E-state index in [1.807, 2.05) is 84.9 Å². The first kappa shape index (κ1) is 18.4. The molecule has 0 aromatic heterocycles. The van der Waals surface area contributed by atoms with Gasteiger partial charge in [-0.15, -0.1) is 0 Å². The molecule has 6 heteroatoms. The minimum Gasteiger partial charge on any atom is -0.376 e. The van der Waals surface area contributed by atoms with Crippen molar-refractivity contribution in [1.82, 2.24) is 5.32 Å². The third kappa shape index (κ3) is 4.32. The van der Waals surface area contributed by atoms with Crippen LogP contribution in [0.1, 0.15) is 11.1 Å². The molecule has 3 N–H and O–H groups in total. The number of nitrogens with one attached hydrogen (secondary N) is 3. The van der Waals surface area contributed by atoms with Crippen molar-refractivity contribution >= 4 is 28.9 Å². The molecule has 0 unspecified atom stereocenters. The average Bonchev–Trinajstić information content (AvgIpc) is 2.90. The van der Waals surface area contributed by atoms with Crippen molar-refractivity contribution in [3.8, 4) is 0 Å². The molecule has 2 amide bonds. The molecule has 1 heterocycles. The molecule has 1 atom stereocenters. The van der Waals surface area contributed by atoms with Crippen molar-refractivity contribution in [3.63, 3.8) is 0 Å². The van der Waals surface area contributed by atoms with Gasteiger partial charge >= 0.3 is 0 Å². The van der Waals surface area contributed by atoms with Crippen molar-refractivity contribution in [2.24, 2.45) is 4.99 Å². The fourth-order valence-corrected chi connectivity index (χ4v) is 3.12. The first-order chi connectivity index (χ1) is 14.2. The predicted molar refractivity (Wildman–Crippen MR) is 114 cm³/mol. The van der Waals surface area contributed by atoms with Crippen molar-refractivity contribution in [1.29, 1.82) is 0 Å². The van der Waals surface area contributed by atoms with Gasteiger partial charge in [-0.25, -0.2) is 4.99 Å². The number of carbonyl (C=O) groups is 2. The number of amides is 2. The van der Waals surface area contributed by atoms with E-state index in [9.17, 15) is 9.59 Å². The maximum Gasteiger partial charge on any atom is 0.269 e. The molecule has 0 radical (unpaired) electrons. The number of rotatable bonds is 5. The molecule has 4 rings (SSSR count). The van der Waals surface area contributed by atoms with Crippen molar-refractivity contribution in [2.45, 2.75) is 6.17 Å². The highest BCUT2D eigenvalue weighted by Gasteiger charge is 2.26. The van der Waals surface area contributed by atoms with Crippen LogP contribution in [0.2, 0.25) is 0 Å². The van der Waals surface area contributed by atoms with E-state index >= 15 is 0 Å². The van der Waals surface area contributed by atoms with Crippen LogP contribution in [-0.4, -0.2) is 30.2 Å². The molecule has 6 nitrogen and oxygen atoms in total. The molecule has 29 heavy (non-hydrogen) atoms. The summed E-state index contributed by atoms with van der Waals surface area (Å²) in [6.07, 6.45) is -1.03. The van der Waals surface area contributed by atoms with Crippen LogP contribution < -0.4 is 16.0 Å². The Labute approximate surface area is 168 Å². The van der Waals surface area contributed by atoms with Gasteiger partial charge in [-0.05, 0) is 18.2 Å². The number of benzodiazepines with no additional fused rings is 1. The van der Waals surface area contributed by atoms with E-state index in [2.05, 4.69) is 20.9 Å². The summed E-state index contributed by atoms with van der Waals surface area (Å²) in [5, 5.41) is 8.61. The highest BCUT2D eigenvalue weighted by Crippen LogP contribution is 2.23. The zero-order valence-electron chi connectivity index (χ0n) is 15.6. The van der Waals surface area contributed by atoms with E-state index in [-0.39, 0.29) is 18.4 Å². The van der Waals surface area contributed by atoms with E-state index in [1.165, 1.54) is 0 Å². The molecule has 0 saturated carbocycles. The largest absolute Gasteiger partial charge is 0.376 e. The number of benzene rings is 3. The molecular formula is C23H20N4O2. The van der Waals surface area contributed by atoms with Crippen LogP contribution in [0.25, 0.3) is 0 Å². The van der Waals surface area contributed by atoms with Crippen molar-refractivity contribution in [2.75, 3.05) is 17.2 Å². The maximum atomic E-state index is 12.7. The Kier molecular flexibility index (Phi) is 5.33. The predicted octanol–water partition coefficient (Wildman–Crippen LogP) is 3.03. The second kappa shape index (κ2) is 8.39. The molecule has 0 fully saturated rings. The zero-order chi connectivity index (χ0) is 20.1. The lowest BCUT2D eigenvalue weighted by atomic mass is 10.0. The lowest BCUT2D eigenvalue weighted by Crippen LogP contribution is -2.44. The Balaban J connectivity index is 1.58. The van der Waals surface area contributed by atoms with E-state index in [0.717, 1.165) is 16.8 Å². The SMILES string of the molecule is O=C(CNc1ccccc1)N[C@@H]1N=C(c2ccccc2)c2ccccc2NC1=O. The van der Waals surface area contributed by atoms with E-state index in [1.54, 1.807) is 0 Å². The number of fused-ring (bicyclic) bond motifs is 1. The van der Waals surface area contributed by atoms with Gasteiger partial charge in [-0.1, -0.05) is 66.7 Å². The molecule has 3 aromatic rings. The lowest BCUT2D eigenvalue weighted by molar-refractivity contribution is -0.125. The average molecular weight is 384 g/mol. The van der Waals surface area contributed by atoms with Crippen LogP contribution in [0.4, 0.5) is 11.4 Å². The fourth-order valence-electron chi connectivity index (χ4n) is 3.12. The highest BCUT2D eigenvalue weighted by atomic mass is 16.2. The minimum absolute atomic E-state index is 0.0386. The van der Waals surface area contributed by atoms with Gasteiger partial charge < -0.3 is 16.0 Å². The standard InChI is InChI=1S/C23H20N4O2/c28-20(15-24-17-11-5-2-6-12-17)26-22-23(29)25-19-14-8-7-13-18(19)21(27-22)16-9-3-1-4-10-16/h1-14,22,24H,15H2,(H,25,29)(H,26,28)/t22-/m1/s1. The number of nitrogens with zero attached hydrogens (tertiary/aromatic N) is 1. The Hall–Kier alpha value is -3.93. The smallest absolute Gasteiger partial charge is 0.269 e. The van der Waals surface area contributed by atoms with Crippen LogP contribution in [0.3, 0.4) is 0 Å². The van der Waals surface area contributed by atoms with E-state index in [4.69, 9.17) is 0 Å². The van der Waals surface area contributed by atoms with Crippen molar-refractivity contribution < 1.29 is 9.59 Å². The summed E-state index contributed by atoms with van der Waals surface area (Å²) in [4.78, 5) is 29.8. The van der Waals surface area contributed by atoms with Crippen LogP contribution in [0.5, 0.6) is 0 Å². The van der Waals surface area contributed by atoms with Gasteiger partial charge in [-0.3, -0.25) is 9.59 Å². The summed E-state index contributed by atoms with van der Waals surface area (Å²) < 4.78 is 0. The summed E-state index contributed by atoms with van der Waals surface area (Å²) in [7, 11) is 0. The van der Waals surface area contributed by atoms with Gasteiger partial charge in [0.25, 0.3) is 5.91 Å². The Morgan fingerprint density at radius 3 is 2.31 bits per heavy atom. The van der Waals surface area contributed by atoms with Gasteiger partial charge in [0.05, 0.1) is 17.9 Å². The van der Waals surface area contributed by atoms with Crippen LogP contribution in [0, 0.1) is 0 Å². The number of carbonyl (C=O) groups excluding carboxylic acids is 2. The summed E-state index contributed by atoms with van der Waals surface area (Å²) in [5.74, 6) is -0.701. The number of para-hydroxylation sites is 2. The number of aliphatic imine (C=N–C) groups is 1. The Morgan fingerprint density at radius 2 is 1.55 bits per heavy atom. The van der Waals surface area contributed by atoms with Gasteiger partial charge in [-0.2, -0.15) is 0 Å².